The number of ether oxygens (including phenoxy) is 1. The van der Waals surface area contributed by atoms with E-state index >= 15 is 0 Å². The fourth-order valence-corrected chi connectivity index (χ4v) is 1.38. The Hall–Kier alpha value is -1.36. The van der Waals surface area contributed by atoms with Crippen molar-refractivity contribution in [3.8, 4) is 0 Å². The number of carbonyl (C=O) groups is 2. The van der Waals surface area contributed by atoms with Crippen LogP contribution in [-0.4, -0.2) is 35.9 Å². The fraction of sp³-hybridized carbons (Fsp3) is 0.714. The second-order valence-electron chi connectivity index (χ2n) is 4.15. The van der Waals surface area contributed by atoms with Crippen molar-refractivity contribution in [2.45, 2.75) is 51.4 Å². The van der Waals surface area contributed by atoms with Crippen molar-refractivity contribution in [3.05, 3.63) is 12.7 Å². The van der Waals surface area contributed by atoms with E-state index in [0.717, 1.165) is 38.5 Å². The summed E-state index contributed by atoms with van der Waals surface area (Å²) in [6, 6.07) is 0. The van der Waals surface area contributed by atoms with Crippen molar-refractivity contribution in [2.24, 2.45) is 0 Å². The Morgan fingerprint density at radius 3 is 1.53 bits per heavy atom. The molecule has 0 heterocycles. The minimum Gasteiger partial charge on any atom is -0.481 e. The molecule has 0 spiro atoms. The van der Waals surface area contributed by atoms with E-state index in [4.69, 9.17) is 10.2 Å². The van der Waals surface area contributed by atoms with Crippen LogP contribution >= 0.6 is 0 Å². The Labute approximate surface area is 115 Å². The quantitative estimate of drug-likeness (QED) is 0.447. The van der Waals surface area contributed by atoms with Crippen molar-refractivity contribution in [2.75, 3.05) is 13.7 Å². The molecule has 0 aliphatic carbocycles. The van der Waals surface area contributed by atoms with E-state index in [2.05, 4.69) is 11.3 Å². The lowest BCUT2D eigenvalue weighted by molar-refractivity contribution is -0.138. The van der Waals surface area contributed by atoms with Gasteiger partial charge in [0.1, 0.15) is 0 Å². The molecule has 5 nitrogen and oxygen atoms in total. The summed E-state index contributed by atoms with van der Waals surface area (Å²) in [6.07, 6.45) is 7.53. The van der Waals surface area contributed by atoms with Crippen LogP contribution in [0.25, 0.3) is 0 Å². The molecule has 112 valence electrons. The molecule has 0 aliphatic heterocycles. The lowest BCUT2D eigenvalue weighted by Crippen LogP contribution is -1.94. The Bertz CT molecular complexity index is 218. The average molecular weight is 274 g/mol. The first kappa shape index (κ1) is 20.0. The Kier molecular flexibility index (Phi) is 17.5. The van der Waals surface area contributed by atoms with Gasteiger partial charge in [-0.15, -0.1) is 6.58 Å². The van der Waals surface area contributed by atoms with Gasteiger partial charge < -0.3 is 14.9 Å². The van der Waals surface area contributed by atoms with Crippen molar-refractivity contribution in [1.29, 1.82) is 0 Å². The summed E-state index contributed by atoms with van der Waals surface area (Å²) in [5.74, 6) is -1.48. The van der Waals surface area contributed by atoms with Gasteiger partial charge in [0, 0.05) is 20.0 Å². The lowest BCUT2D eigenvalue weighted by atomic mass is 10.1. The van der Waals surface area contributed by atoms with Crippen molar-refractivity contribution in [1.82, 2.24) is 0 Å². The zero-order valence-electron chi connectivity index (χ0n) is 11.8. The molecule has 0 unspecified atom stereocenters. The number of carboxylic acids is 2. The summed E-state index contributed by atoms with van der Waals surface area (Å²) < 4.78 is 4.57. The largest absolute Gasteiger partial charge is 0.481 e. The number of aliphatic carboxylic acids is 2. The second-order valence-corrected chi connectivity index (χ2v) is 4.15. The summed E-state index contributed by atoms with van der Waals surface area (Å²) in [7, 11) is 1.64. The van der Waals surface area contributed by atoms with Gasteiger partial charge in [-0.1, -0.05) is 31.8 Å². The van der Waals surface area contributed by atoms with E-state index in [1.54, 1.807) is 13.2 Å². The smallest absolute Gasteiger partial charge is 0.303 e. The first-order chi connectivity index (χ1) is 9.04. The number of unbranched alkanes of at least 4 members (excludes halogenated alkanes) is 5. The first-order valence-electron chi connectivity index (χ1n) is 6.58. The zero-order valence-corrected chi connectivity index (χ0v) is 11.8. The van der Waals surface area contributed by atoms with Gasteiger partial charge in [-0.25, -0.2) is 0 Å². The van der Waals surface area contributed by atoms with Crippen LogP contribution in [0, 0.1) is 0 Å². The number of methoxy groups -OCH3 is 1. The summed E-state index contributed by atoms with van der Waals surface area (Å²) >= 11 is 0. The highest BCUT2D eigenvalue weighted by Crippen LogP contribution is 2.08. The monoisotopic (exact) mass is 274 g/mol. The van der Waals surface area contributed by atoms with Gasteiger partial charge in [-0.05, 0) is 12.8 Å². The molecule has 2 N–H and O–H groups in total. The molecule has 0 bridgehead atoms. The molecule has 0 saturated carbocycles. The molecule has 0 atom stereocenters. The molecule has 0 aromatic carbocycles. The summed E-state index contributed by atoms with van der Waals surface area (Å²) in [5.41, 5.74) is 0. The van der Waals surface area contributed by atoms with Gasteiger partial charge in [0.2, 0.25) is 0 Å². The summed E-state index contributed by atoms with van der Waals surface area (Å²) in [4.78, 5) is 20.3. The molecular weight excluding hydrogens is 248 g/mol. The van der Waals surface area contributed by atoms with Gasteiger partial charge in [-0.3, -0.25) is 9.59 Å². The number of hydrogen-bond acceptors (Lipinski definition) is 3. The molecule has 19 heavy (non-hydrogen) atoms. The maximum atomic E-state index is 10.1. The Morgan fingerprint density at radius 2 is 1.32 bits per heavy atom. The number of hydrogen-bond donors (Lipinski definition) is 2. The molecule has 0 aliphatic rings. The van der Waals surface area contributed by atoms with Gasteiger partial charge in [0.25, 0.3) is 0 Å². The third kappa shape index (κ3) is 26.3. The van der Waals surface area contributed by atoms with Crippen LogP contribution in [0.2, 0.25) is 0 Å². The molecule has 0 fully saturated rings. The standard InChI is InChI=1S/C10H18O4.C4H8O/c11-9(12)7-5-3-1-2-4-6-8-10(13)14;1-3-4-5-2/h1-8H2,(H,11,12)(H,13,14);3H,1,4H2,2H3. The molecule has 0 rings (SSSR count). The van der Waals surface area contributed by atoms with Crippen LogP contribution in [0.3, 0.4) is 0 Å². The van der Waals surface area contributed by atoms with E-state index < -0.39 is 11.9 Å². The minimum absolute atomic E-state index is 0.245. The third-order valence-corrected chi connectivity index (χ3v) is 2.32. The van der Waals surface area contributed by atoms with Gasteiger partial charge >= 0.3 is 11.9 Å². The minimum atomic E-state index is -0.740. The highest BCUT2D eigenvalue weighted by atomic mass is 16.5. The van der Waals surface area contributed by atoms with Crippen LogP contribution in [0.1, 0.15) is 51.4 Å². The van der Waals surface area contributed by atoms with Crippen molar-refractivity contribution < 1.29 is 24.5 Å². The molecule has 0 radical (unpaired) electrons. The van der Waals surface area contributed by atoms with Gasteiger partial charge in [-0.2, -0.15) is 0 Å². The predicted octanol–water partition coefficient (Wildman–Crippen LogP) is 3.10. The van der Waals surface area contributed by atoms with Gasteiger partial charge in [0.15, 0.2) is 0 Å². The lowest BCUT2D eigenvalue weighted by Gasteiger charge is -1.98. The van der Waals surface area contributed by atoms with Crippen LogP contribution in [0.5, 0.6) is 0 Å². The highest BCUT2D eigenvalue weighted by molar-refractivity contribution is 5.66. The third-order valence-electron chi connectivity index (χ3n) is 2.32. The van der Waals surface area contributed by atoms with Gasteiger partial charge in [0.05, 0.1) is 6.61 Å². The van der Waals surface area contributed by atoms with Crippen LogP contribution in [0.15, 0.2) is 12.7 Å². The maximum Gasteiger partial charge on any atom is 0.303 e. The fourth-order valence-electron chi connectivity index (χ4n) is 1.38. The van der Waals surface area contributed by atoms with E-state index in [1.807, 2.05) is 0 Å². The van der Waals surface area contributed by atoms with Crippen molar-refractivity contribution in [3.63, 3.8) is 0 Å². The van der Waals surface area contributed by atoms with Crippen molar-refractivity contribution >= 4 is 11.9 Å². The Morgan fingerprint density at radius 1 is 0.947 bits per heavy atom. The Balaban J connectivity index is 0. The molecular formula is C14H26O5. The SMILES string of the molecule is C=CCOC.O=C(O)CCCCCCCCC(=O)O. The normalized spacial score (nSPS) is 9.32. The van der Waals surface area contributed by atoms with E-state index in [0.29, 0.717) is 6.61 Å². The second kappa shape index (κ2) is 16.6. The molecule has 0 saturated heterocycles. The predicted molar refractivity (Wildman–Crippen MR) is 74.3 cm³/mol. The van der Waals surface area contributed by atoms with Crippen LogP contribution in [0.4, 0.5) is 0 Å². The summed E-state index contributed by atoms with van der Waals surface area (Å²) in [6.45, 7) is 4.08. The number of carboxylic acid groups (broad SMARTS) is 2. The van der Waals surface area contributed by atoms with E-state index in [1.165, 1.54) is 0 Å². The molecule has 0 amide bonds. The highest BCUT2D eigenvalue weighted by Gasteiger charge is 1.98. The van der Waals surface area contributed by atoms with E-state index in [-0.39, 0.29) is 12.8 Å². The van der Waals surface area contributed by atoms with Crippen LogP contribution in [-0.2, 0) is 14.3 Å². The van der Waals surface area contributed by atoms with Crippen LogP contribution < -0.4 is 0 Å². The summed E-state index contributed by atoms with van der Waals surface area (Å²) in [5, 5.41) is 16.7. The average Bonchev–Trinajstić information content (AvgIpc) is 2.33. The van der Waals surface area contributed by atoms with E-state index in [9.17, 15) is 9.59 Å². The number of rotatable bonds is 11. The molecule has 5 heteroatoms. The molecule has 0 aromatic heterocycles. The topological polar surface area (TPSA) is 83.8 Å². The first-order valence-corrected chi connectivity index (χ1v) is 6.58. The maximum absolute atomic E-state index is 10.1. The molecule has 0 aromatic rings. The zero-order chi connectivity index (χ0) is 14.9.